The molecule has 24 heavy (non-hydrogen) atoms. The maximum absolute atomic E-state index is 12.1. The molecule has 3 rings (SSSR count). The molecule has 6 nitrogen and oxygen atoms in total. The van der Waals surface area contributed by atoms with Gasteiger partial charge in [0.15, 0.2) is 0 Å². The maximum atomic E-state index is 12.1. The number of hydrogen-bond donors (Lipinski definition) is 1. The van der Waals surface area contributed by atoms with Crippen molar-refractivity contribution in [3.05, 3.63) is 35.4 Å². The molecule has 1 aromatic rings. The lowest BCUT2D eigenvalue weighted by molar-refractivity contribution is -0.136. The van der Waals surface area contributed by atoms with Crippen LogP contribution in [0.1, 0.15) is 43.9 Å². The fourth-order valence-electron chi connectivity index (χ4n) is 3.23. The van der Waals surface area contributed by atoms with Crippen molar-refractivity contribution in [2.45, 2.75) is 45.3 Å². The normalized spacial score (nSPS) is 24.3. The smallest absolute Gasteiger partial charge is 0.411 e. The highest BCUT2D eigenvalue weighted by Gasteiger charge is 2.41. The molecule has 2 heterocycles. The van der Waals surface area contributed by atoms with Crippen LogP contribution in [-0.2, 0) is 20.7 Å². The van der Waals surface area contributed by atoms with E-state index in [1.807, 2.05) is 12.1 Å². The van der Waals surface area contributed by atoms with Gasteiger partial charge in [-0.3, -0.25) is 19.8 Å². The number of piperidine rings is 1. The minimum Gasteiger partial charge on any atom is -0.439 e. The van der Waals surface area contributed by atoms with E-state index in [1.165, 1.54) is 10.5 Å². The summed E-state index contributed by atoms with van der Waals surface area (Å²) >= 11 is 0. The molecule has 0 radical (unpaired) electrons. The minimum atomic E-state index is -0.625. The van der Waals surface area contributed by atoms with Crippen LogP contribution in [0, 0.1) is 5.92 Å². The van der Waals surface area contributed by atoms with Crippen molar-refractivity contribution < 1.29 is 19.1 Å². The summed E-state index contributed by atoms with van der Waals surface area (Å²) in [7, 11) is 0. The van der Waals surface area contributed by atoms with Gasteiger partial charge in [0.2, 0.25) is 11.8 Å². The molecular formula is C18H22N2O4. The highest BCUT2D eigenvalue weighted by molar-refractivity contribution is 6.01. The van der Waals surface area contributed by atoms with Crippen LogP contribution < -0.4 is 5.32 Å². The topological polar surface area (TPSA) is 75.7 Å². The second-order valence-corrected chi connectivity index (χ2v) is 6.83. The molecule has 0 spiro atoms. The number of amides is 3. The zero-order valence-corrected chi connectivity index (χ0v) is 14.0. The van der Waals surface area contributed by atoms with Gasteiger partial charge in [-0.2, -0.15) is 0 Å². The van der Waals surface area contributed by atoms with Crippen LogP contribution >= 0.6 is 0 Å². The first kappa shape index (κ1) is 16.5. The Bertz CT molecular complexity index is 653. The predicted molar refractivity (Wildman–Crippen MR) is 87.1 cm³/mol. The average molecular weight is 330 g/mol. The van der Waals surface area contributed by atoms with E-state index in [2.05, 4.69) is 31.3 Å². The van der Waals surface area contributed by atoms with Gasteiger partial charge in [0.05, 0.1) is 6.54 Å². The fraction of sp³-hybridized carbons (Fsp3) is 0.500. The lowest BCUT2D eigenvalue weighted by Crippen LogP contribution is -2.52. The predicted octanol–water partition coefficient (Wildman–Crippen LogP) is 2.18. The van der Waals surface area contributed by atoms with Crippen LogP contribution in [0.25, 0.3) is 0 Å². The Morgan fingerprint density at radius 1 is 1.21 bits per heavy atom. The van der Waals surface area contributed by atoms with Gasteiger partial charge in [0.25, 0.3) is 0 Å². The summed E-state index contributed by atoms with van der Waals surface area (Å²) in [6.07, 6.45) is 0.721. The lowest BCUT2D eigenvalue weighted by Gasteiger charge is -2.27. The summed E-state index contributed by atoms with van der Waals surface area (Å²) in [5, 5.41) is 2.28. The molecule has 128 valence electrons. The Kier molecular flexibility index (Phi) is 4.55. The second kappa shape index (κ2) is 6.63. The molecule has 2 aliphatic rings. The van der Waals surface area contributed by atoms with Crippen LogP contribution in [-0.4, -0.2) is 35.4 Å². The lowest BCUT2D eigenvalue weighted by atomic mass is 10.00. The molecule has 1 N–H and O–H groups in total. The van der Waals surface area contributed by atoms with E-state index in [0.717, 1.165) is 12.0 Å². The van der Waals surface area contributed by atoms with Crippen molar-refractivity contribution >= 4 is 17.9 Å². The molecule has 2 fully saturated rings. The van der Waals surface area contributed by atoms with Gasteiger partial charge in [0.1, 0.15) is 12.1 Å². The standard InChI is InChI=1S/C18H22N2O4/c1-11(2)9-12-3-5-13(6-4-12)15-10-20(18(23)24-15)14-7-8-16(21)19-17(14)22/h3-6,11,14-15H,7-10H2,1-2H3,(H,19,21,22). The first-order chi connectivity index (χ1) is 11.4. The van der Waals surface area contributed by atoms with E-state index >= 15 is 0 Å². The summed E-state index contributed by atoms with van der Waals surface area (Å²) < 4.78 is 5.43. The number of carbonyl (C=O) groups is 3. The quantitative estimate of drug-likeness (QED) is 0.859. The van der Waals surface area contributed by atoms with E-state index in [9.17, 15) is 14.4 Å². The van der Waals surface area contributed by atoms with Crippen molar-refractivity contribution in [3.8, 4) is 0 Å². The largest absolute Gasteiger partial charge is 0.439 e. The number of benzene rings is 1. The van der Waals surface area contributed by atoms with Gasteiger partial charge in [-0.15, -0.1) is 0 Å². The first-order valence-corrected chi connectivity index (χ1v) is 8.34. The van der Waals surface area contributed by atoms with Gasteiger partial charge in [-0.25, -0.2) is 4.79 Å². The maximum Gasteiger partial charge on any atom is 0.411 e. The van der Waals surface area contributed by atoms with Crippen LogP contribution in [0.15, 0.2) is 24.3 Å². The Morgan fingerprint density at radius 2 is 1.92 bits per heavy atom. The molecular weight excluding hydrogens is 308 g/mol. The van der Waals surface area contributed by atoms with E-state index in [0.29, 0.717) is 18.9 Å². The van der Waals surface area contributed by atoms with Crippen LogP contribution in [0.5, 0.6) is 0 Å². The molecule has 1 aromatic carbocycles. The number of cyclic esters (lactones) is 1. The zero-order chi connectivity index (χ0) is 17.3. The summed E-state index contributed by atoms with van der Waals surface area (Å²) in [5.74, 6) is -0.125. The molecule has 2 saturated heterocycles. The first-order valence-electron chi connectivity index (χ1n) is 8.34. The Labute approximate surface area is 141 Å². The highest BCUT2D eigenvalue weighted by Crippen LogP contribution is 2.29. The van der Waals surface area contributed by atoms with Crippen LogP contribution in [0.4, 0.5) is 4.79 Å². The van der Waals surface area contributed by atoms with E-state index in [-0.39, 0.29) is 18.4 Å². The molecule has 6 heteroatoms. The summed E-state index contributed by atoms with van der Waals surface area (Å²) in [6, 6.07) is 7.43. The number of nitrogens with zero attached hydrogens (tertiary/aromatic N) is 1. The summed E-state index contributed by atoms with van der Waals surface area (Å²) in [5.41, 5.74) is 2.17. The van der Waals surface area contributed by atoms with E-state index in [4.69, 9.17) is 4.74 Å². The third kappa shape index (κ3) is 3.42. The van der Waals surface area contributed by atoms with Crippen molar-refractivity contribution in [1.82, 2.24) is 10.2 Å². The average Bonchev–Trinajstić information content (AvgIpc) is 2.89. The van der Waals surface area contributed by atoms with Crippen molar-refractivity contribution in [1.29, 1.82) is 0 Å². The molecule has 0 saturated carbocycles. The van der Waals surface area contributed by atoms with Gasteiger partial charge in [-0.1, -0.05) is 38.1 Å². The van der Waals surface area contributed by atoms with Gasteiger partial charge >= 0.3 is 6.09 Å². The minimum absolute atomic E-state index is 0.245. The number of rotatable bonds is 4. The Balaban J connectivity index is 1.68. The molecule has 2 atom stereocenters. The monoisotopic (exact) mass is 330 g/mol. The van der Waals surface area contributed by atoms with E-state index < -0.39 is 18.0 Å². The molecule has 2 unspecified atom stereocenters. The third-order valence-corrected chi connectivity index (χ3v) is 4.42. The second-order valence-electron chi connectivity index (χ2n) is 6.83. The fourth-order valence-corrected chi connectivity index (χ4v) is 3.23. The van der Waals surface area contributed by atoms with Crippen LogP contribution in [0.3, 0.4) is 0 Å². The summed E-state index contributed by atoms with van der Waals surface area (Å²) in [6.45, 7) is 4.67. The van der Waals surface area contributed by atoms with E-state index in [1.54, 1.807) is 0 Å². The number of carbonyl (C=O) groups excluding carboxylic acids is 3. The Morgan fingerprint density at radius 3 is 2.54 bits per heavy atom. The van der Waals surface area contributed by atoms with Crippen LogP contribution in [0.2, 0.25) is 0 Å². The number of imide groups is 1. The molecule has 0 aromatic heterocycles. The molecule has 2 aliphatic heterocycles. The number of nitrogens with one attached hydrogen (secondary N) is 1. The zero-order valence-electron chi connectivity index (χ0n) is 14.0. The highest BCUT2D eigenvalue weighted by atomic mass is 16.6. The third-order valence-electron chi connectivity index (χ3n) is 4.42. The summed E-state index contributed by atoms with van der Waals surface area (Å²) in [4.78, 5) is 36.7. The van der Waals surface area contributed by atoms with Crippen molar-refractivity contribution in [2.75, 3.05) is 6.54 Å². The van der Waals surface area contributed by atoms with Gasteiger partial charge < -0.3 is 4.74 Å². The van der Waals surface area contributed by atoms with Gasteiger partial charge in [0, 0.05) is 6.42 Å². The molecule has 0 bridgehead atoms. The SMILES string of the molecule is CC(C)Cc1ccc(C2CN(C3CCC(=O)NC3=O)C(=O)O2)cc1. The van der Waals surface area contributed by atoms with Crippen molar-refractivity contribution in [3.63, 3.8) is 0 Å². The van der Waals surface area contributed by atoms with Gasteiger partial charge in [-0.05, 0) is 29.9 Å². The Hall–Kier alpha value is -2.37. The van der Waals surface area contributed by atoms with Crippen molar-refractivity contribution in [2.24, 2.45) is 5.92 Å². The molecule has 3 amide bonds. The number of ether oxygens (including phenoxy) is 1. The molecule has 0 aliphatic carbocycles. The number of hydrogen-bond acceptors (Lipinski definition) is 4.